The van der Waals surface area contributed by atoms with Crippen molar-refractivity contribution < 1.29 is 14.5 Å². The molecule has 0 atom stereocenters. The molecule has 0 saturated heterocycles. The molecule has 0 fully saturated rings. The fraction of sp³-hybridized carbons (Fsp3) is 0.333. The van der Waals surface area contributed by atoms with Gasteiger partial charge >= 0.3 is 5.97 Å². The maximum atomic E-state index is 10.6. The summed E-state index contributed by atoms with van der Waals surface area (Å²) in [5.74, 6) is -0.731. The van der Waals surface area contributed by atoms with Crippen molar-refractivity contribution >= 4 is 28.1 Å². The van der Waals surface area contributed by atoms with Crippen molar-refractivity contribution in [1.29, 1.82) is 0 Å². The number of unbranched alkanes of at least 4 members (excludes halogenated alkanes) is 1. The Morgan fingerprint density at radius 1 is 1.21 bits per heavy atom. The Balaban J connectivity index is 1.98. The van der Waals surface area contributed by atoms with Crippen LogP contribution in [0.25, 0.3) is 10.8 Å². The first-order valence-electron chi connectivity index (χ1n) is 8.47. The molecule has 1 aliphatic rings. The fourth-order valence-corrected chi connectivity index (χ4v) is 3.52. The number of hydrogen-bond acceptors (Lipinski definition) is 1. The number of carboxylic acid groups (broad SMARTS) is 1. The van der Waals surface area contributed by atoms with Crippen molar-refractivity contribution in [2.24, 2.45) is 0 Å². The van der Waals surface area contributed by atoms with Gasteiger partial charge in [0.2, 0.25) is 5.69 Å². The van der Waals surface area contributed by atoms with E-state index in [1.165, 1.54) is 27.7 Å². The molecule has 3 nitrogen and oxygen atoms in total. The van der Waals surface area contributed by atoms with Gasteiger partial charge in [0.15, 0.2) is 11.9 Å². The van der Waals surface area contributed by atoms with Gasteiger partial charge in [0.1, 0.15) is 0 Å². The van der Waals surface area contributed by atoms with Gasteiger partial charge < -0.3 is 5.11 Å². The minimum Gasteiger partial charge on any atom is -0.481 e. The second kappa shape index (κ2) is 6.23. The Morgan fingerprint density at radius 2 is 1.96 bits per heavy atom. The Hall–Kier alpha value is -2.42. The minimum atomic E-state index is -0.731. The smallest absolute Gasteiger partial charge is 0.303 e. The molecule has 0 amide bonds. The highest BCUT2D eigenvalue weighted by atomic mass is 16.4. The molecule has 2 aromatic rings. The summed E-state index contributed by atoms with van der Waals surface area (Å²) in [7, 11) is 0. The van der Waals surface area contributed by atoms with Gasteiger partial charge in [0, 0.05) is 25.0 Å². The molecular weight excluding hydrogens is 298 g/mol. The van der Waals surface area contributed by atoms with Gasteiger partial charge in [-0.3, -0.25) is 4.79 Å². The maximum Gasteiger partial charge on any atom is 0.303 e. The Bertz CT molecular complexity index is 859. The second-order valence-electron chi connectivity index (χ2n) is 6.93. The number of fused-ring (bicyclic) bond motifs is 3. The van der Waals surface area contributed by atoms with Crippen LogP contribution in [0.2, 0.25) is 0 Å². The van der Waals surface area contributed by atoms with Crippen LogP contribution in [-0.4, -0.2) is 21.4 Å². The summed E-state index contributed by atoms with van der Waals surface area (Å²) in [4.78, 5) is 10.6. The van der Waals surface area contributed by atoms with Crippen molar-refractivity contribution in [3.8, 4) is 0 Å². The summed E-state index contributed by atoms with van der Waals surface area (Å²) in [5.41, 5.74) is 3.86. The number of carboxylic acids is 1. The number of benzene rings is 2. The third-order valence-corrected chi connectivity index (χ3v) is 5.07. The van der Waals surface area contributed by atoms with Crippen LogP contribution in [0.3, 0.4) is 0 Å². The van der Waals surface area contributed by atoms with Gasteiger partial charge in [-0.05, 0) is 49.6 Å². The molecule has 3 heteroatoms. The third-order valence-electron chi connectivity index (χ3n) is 5.07. The molecule has 3 rings (SSSR count). The van der Waals surface area contributed by atoms with Gasteiger partial charge in [-0.2, -0.15) is 4.58 Å². The summed E-state index contributed by atoms with van der Waals surface area (Å²) in [6.45, 7) is 6.72. The molecule has 0 radical (unpaired) electrons. The normalized spacial score (nSPS) is 16.1. The van der Waals surface area contributed by atoms with Crippen LogP contribution in [0.1, 0.15) is 45.6 Å². The van der Waals surface area contributed by atoms with E-state index in [1.54, 1.807) is 0 Å². The third kappa shape index (κ3) is 2.75. The zero-order valence-electron chi connectivity index (χ0n) is 14.5. The van der Waals surface area contributed by atoms with Crippen LogP contribution in [0.4, 0.5) is 5.69 Å². The lowest BCUT2D eigenvalue weighted by Gasteiger charge is -2.17. The average molecular weight is 322 g/mol. The van der Waals surface area contributed by atoms with Gasteiger partial charge in [0.05, 0.1) is 5.41 Å². The first kappa shape index (κ1) is 16.4. The standard InChI is InChI=1S/C21H23NO2/c1-15-21(2,3)20-17-10-7-6-9-16(17)12-13-18(20)22(15)14-8-4-5-11-19(23)24/h6-10,12-14H,4-5,11H2,1-3H3/p+1. The highest BCUT2D eigenvalue weighted by Crippen LogP contribution is 2.43. The topological polar surface area (TPSA) is 40.3 Å². The summed E-state index contributed by atoms with van der Waals surface area (Å²) in [6.07, 6.45) is 5.85. The summed E-state index contributed by atoms with van der Waals surface area (Å²) in [6, 6.07) is 12.9. The highest BCUT2D eigenvalue weighted by Gasteiger charge is 2.43. The van der Waals surface area contributed by atoms with Crippen molar-refractivity contribution in [2.45, 2.75) is 45.4 Å². The number of rotatable bonds is 5. The van der Waals surface area contributed by atoms with Crippen LogP contribution in [0.5, 0.6) is 0 Å². The number of hydrogen-bond donors (Lipinski definition) is 1. The van der Waals surface area contributed by atoms with Crippen molar-refractivity contribution in [3.05, 3.63) is 54.2 Å². The molecule has 0 bridgehead atoms. The molecule has 0 aliphatic carbocycles. The van der Waals surface area contributed by atoms with E-state index in [0.29, 0.717) is 6.42 Å². The Morgan fingerprint density at radius 3 is 2.71 bits per heavy atom. The molecule has 0 saturated carbocycles. The van der Waals surface area contributed by atoms with E-state index in [9.17, 15) is 4.79 Å². The molecule has 1 aliphatic heterocycles. The van der Waals surface area contributed by atoms with Crippen LogP contribution in [-0.2, 0) is 10.2 Å². The molecular formula is C21H24NO2+. The predicted molar refractivity (Wildman–Crippen MR) is 98.2 cm³/mol. The molecule has 2 aromatic carbocycles. The van der Waals surface area contributed by atoms with Crippen molar-refractivity contribution in [1.82, 2.24) is 0 Å². The lowest BCUT2D eigenvalue weighted by atomic mass is 9.80. The summed E-state index contributed by atoms with van der Waals surface area (Å²) in [5, 5.41) is 11.3. The number of nitrogens with zero attached hydrogens (tertiary/aromatic N) is 1. The predicted octanol–water partition coefficient (Wildman–Crippen LogP) is 5.00. The molecule has 0 unspecified atom stereocenters. The summed E-state index contributed by atoms with van der Waals surface area (Å²) < 4.78 is 2.25. The molecule has 124 valence electrons. The molecule has 1 heterocycles. The quantitative estimate of drug-likeness (QED) is 0.621. The van der Waals surface area contributed by atoms with E-state index in [-0.39, 0.29) is 11.8 Å². The number of carbonyl (C=O) groups is 1. The van der Waals surface area contributed by atoms with E-state index in [2.05, 4.69) is 74.0 Å². The fourth-order valence-electron chi connectivity index (χ4n) is 3.52. The average Bonchev–Trinajstić information content (AvgIpc) is 2.75. The van der Waals surface area contributed by atoms with Gasteiger partial charge in [-0.15, -0.1) is 0 Å². The van der Waals surface area contributed by atoms with Crippen LogP contribution in [0, 0.1) is 0 Å². The van der Waals surface area contributed by atoms with Crippen LogP contribution in [0.15, 0.2) is 48.7 Å². The van der Waals surface area contributed by atoms with Gasteiger partial charge in [0.25, 0.3) is 0 Å². The zero-order valence-corrected chi connectivity index (χ0v) is 14.5. The molecule has 0 aromatic heterocycles. The highest BCUT2D eigenvalue weighted by molar-refractivity contribution is 6.01. The van der Waals surface area contributed by atoms with Gasteiger partial charge in [-0.25, -0.2) is 0 Å². The van der Waals surface area contributed by atoms with Crippen molar-refractivity contribution in [3.63, 3.8) is 0 Å². The second-order valence-corrected chi connectivity index (χ2v) is 6.93. The molecule has 1 N–H and O–H groups in total. The summed E-state index contributed by atoms with van der Waals surface area (Å²) >= 11 is 0. The van der Waals surface area contributed by atoms with Crippen LogP contribution >= 0.6 is 0 Å². The van der Waals surface area contributed by atoms with E-state index < -0.39 is 5.97 Å². The first-order valence-corrected chi connectivity index (χ1v) is 8.47. The SMILES string of the molecule is CC1=[N+](C=CCCCC(=O)O)c2ccc3ccccc3c2C1(C)C. The molecule has 0 spiro atoms. The van der Waals surface area contributed by atoms with E-state index in [1.807, 2.05) is 0 Å². The largest absolute Gasteiger partial charge is 0.481 e. The van der Waals surface area contributed by atoms with Crippen LogP contribution < -0.4 is 0 Å². The monoisotopic (exact) mass is 322 g/mol. The van der Waals surface area contributed by atoms with Crippen molar-refractivity contribution in [2.75, 3.05) is 0 Å². The van der Waals surface area contributed by atoms with E-state index in [4.69, 9.17) is 5.11 Å². The Labute approximate surface area is 142 Å². The number of allylic oxidation sites excluding steroid dienone is 1. The lowest BCUT2D eigenvalue weighted by Crippen LogP contribution is -2.25. The zero-order chi connectivity index (χ0) is 17.3. The van der Waals surface area contributed by atoms with Gasteiger partial charge in [-0.1, -0.05) is 24.3 Å². The Kier molecular flexibility index (Phi) is 4.27. The minimum absolute atomic E-state index is 0.0262. The lowest BCUT2D eigenvalue weighted by molar-refractivity contribution is -0.358. The first-order chi connectivity index (χ1) is 11.4. The van der Waals surface area contributed by atoms with E-state index in [0.717, 1.165) is 6.42 Å². The van der Waals surface area contributed by atoms with E-state index >= 15 is 0 Å². The number of aliphatic carboxylic acids is 1. The molecule has 24 heavy (non-hydrogen) atoms. The maximum absolute atomic E-state index is 10.6.